The standard InChI is InChI=1S/C23H23ClN2O4S/c1-16-9-11-20(17(2)13-16)25-23(27)15-26(21-14-18(24)10-12-22(21)30-3)31(28,29)19-7-5-4-6-8-19/h4-14H,15H2,1-3H3,(H,25,27). The third-order valence-corrected chi connectivity index (χ3v) is 6.69. The van der Waals surface area contributed by atoms with Gasteiger partial charge < -0.3 is 10.1 Å². The summed E-state index contributed by atoms with van der Waals surface area (Å²) in [5.74, 6) is -0.211. The predicted octanol–water partition coefficient (Wildman–Crippen LogP) is 4.80. The molecule has 0 atom stereocenters. The first-order valence-corrected chi connectivity index (χ1v) is 11.3. The maximum absolute atomic E-state index is 13.5. The van der Waals surface area contributed by atoms with Crippen molar-refractivity contribution < 1.29 is 17.9 Å². The largest absolute Gasteiger partial charge is 0.495 e. The highest BCUT2D eigenvalue weighted by Gasteiger charge is 2.29. The average molecular weight is 459 g/mol. The highest BCUT2D eigenvalue weighted by atomic mass is 35.5. The number of ether oxygens (including phenoxy) is 1. The van der Waals surface area contributed by atoms with E-state index in [9.17, 15) is 13.2 Å². The van der Waals surface area contributed by atoms with Gasteiger partial charge in [-0.15, -0.1) is 0 Å². The summed E-state index contributed by atoms with van der Waals surface area (Å²) in [6.07, 6.45) is 0. The molecule has 3 aromatic rings. The number of hydrogen-bond donors (Lipinski definition) is 1. The van der Waals surface area contributed by atoms with Crippen LogP contribution in [0.25, 0.3) is 0 Å². The van der Waals surface area contributed by atoms with Crippen molar-refractivity contribution in [3.8, 4) is 5.75 Å². The number of nitrogens with one attached hydrogen (secondary N) is 1. The summed E-state index contributed by atoms with van der Waals surface area (Å²) in [5, 5.41) is 3.11. The fourth-order valence-corrected chi connectivity index (χ4v) is 4.76. The number of hydrogen-bond acceptors (Lipinski definition) is 4. The van der Waals surface area contributed by atoms with E-state index >= 15 is 0 Å². The normalized spacial score (nSPS) is 11.1. The Bertz CT molecular complexity index is 1200. The number of rotatable bonds is 7. The Balaban J connectivity index is 2.02. The molecule has 31 heavy (non-hydrogen) atoms. The second kappa shape index (κ2) is 9.41. The van der Waals surface area contributed by atoms with E-state index in [4.69, 9.17) is 16.3 Å². The zero-order valence-electron chi connectivity index (χ0n) is 17.4. The van der Waals surface area contributed by atoms with Gasteiger partial charge in [-0.3, -0.25) is 9.10 Å². The molecule has 0 bridgehead atoms. The van der Waals surface area contributed by atoms with Crippen LogP contribution in [0.2, 0.25) is 5.02 Å². The highest BCUT2D eigenvalue weighted by molar-refractivity contribution is 7.92. The number of amides is 1. The van der Waals surface area contributed by atoms with Crippen LogP contribution in [0.1, 0.15) is 11.1 Å². The monoisotopic (exact) mass is 458 g/mol. The Morgan fingerprint density at radius 1 is 1.03 bits per heavy atom. The van der Waals surface area contributed by atoms with Gasteiger partial charge in [-0.25, -0.2) is 8.42 Å². The number of sulfonamides is 1. The van der Waals surface area contributed by atoms with Gasteiger partial charge in [-0.1, -0.05) is 47.5 Å². The van der Waals surface area contributed by atoms with Crippen LogP contribution in [0.15, 0.2) is 71.6 Å². The van der Waals surface area contributed by atoms with Crippen molar-refractivity contribution in [2.75, 3.05) is 23.3 Å². The lowest BCUT2D eigenvalue weighted by Crippen LogP contribution is -2.38. The molecule has 0 spiro atoms. The molecule has 6 nitrogen and oxygen atoms in total. The molecule has 0 aliphatic carbocycles. The molecule has 0 radical (unpaired) electrons. The summed E-state index contributed by atoms with van der Waals surface area (Å²) in [7, 11) is -2.65. The molecular weight excluding hydrogens is 436 g/mol. The maximum atomic E-state index is 13.5. The fourth-order valence-electron chi connectivity index (χ4n) is 3.15. The van der Waals surface area contributed by atoms with E-state index in [2.05, 4.69) is 5.32 Å². The molecule has 8 heteroatoms. The van der Waals surface area contributed by atoms with Crippen molar-refractivity contribution in [2.45, 2.75) is 18.7 Å². The number of halogens is 1. The number of aryl methyl sites for hydroxylation is 2. The van der Waals surface area contributed by atoms with Gasteiger partial charge in [0.25, 0.3) is 10.0 Å². The van der Waals surface area contributed by atoms with Crippen molar-refractivity contribution in [3.63, 3.8) is 0 Å². The first-order valence-electron chi connectivity index (χ1n) is 9.51. The SMILES string of the molecule is COc1ccc(Cl)cc1N(CC(=O)Nc1ccc(C)cc1C)S(=O)(=O)c1ccccc1. The summed E-state index contributed by atoms with van der Waals surface area (Å²) < 4.78 is 33.3. The molecular formula is C23H23ClN2O4S. The molecule has 0 unspecified atom stereocenters. The summed E-state index contributed by atoms with van der Waals surface area (Å²) in [6.45, 7) is 3.38. The van der Waals surface area contributed by atoms with E-state index in [0.29, 0.717) is 10.7 Å². The van der Waals surface area contributed by atoms with Gasteiger partial charge in [-0.05, 0) is 55.8 Å². The van der Waals surface area contributed by atoms with Crippen molar-refractivity contribution in [1.29, 1.82) is 0 Å². The van der Waals surface area contributed by atoms with E-state index in [-0.39, 0.29) is 16.3 Å². The lowest BCUT2D eigenvalue weighted by molar-refractivity contribution is -0.114. The van der Waals surface area contributed by atoms with Gasteiger partial charge in [0.1, 0.15) is 12.3 Å². The third kappa shape index (κ3) is 5.18. The zero-order valence-corrected chi connectivity index (χ0v) is 19.0. The van der Waals surface area contributed by atoms with Crippen molar-refractivity contribution in [2.24, 2.45) is 0 Å². The van der Waals surface area contributed by atoms with Gasteiger partial charge in [0.15, 0.2) is 0 Å². The van der Waals surface area contributed by atoms with E-state index in [1.807, 2.05) is 26.0 Å². The number of benzene rings is 3. The molecule has 0 fully saturated rings. The summed E-state index contributed by atoms with van der Waals surface area (Å²) in [6, 6.07) is 18.1. The molecule has 1 N–H and O–H groups in total. The van der Waals surface area contributed by atoms with E-state index < -0.39 is 22.5 Å². The molecule has 0 saturated heterocycles. The minimum absolute atomic E-state index is 0.0522. The van der Waals surface area contributed by atoms with Gasteiger partial charge in [-0.2, -0.15) is 0 Å². The molecule has 3 rings (SSSR count). The van der Waals surface area contributed by atoms with E-state index in [1.165, 1.54) is 25.3 Å². The zero-order chi connectivity index (χ0) is 22.6. The predicted molar refractivity (Wildman–Crippen MR) is 124 cm³/mol. The lowest BCUT2D eigenvalue weighted by atomic mass is 10.1. The first kappa shape index (κ1) is 22.7. The molecule has 0 aromatic heterocycles. The minimum Gasteiger partial charge on any atom is -0.495 e. The van der Waals surface area contributed by atoms with E-state index in [0.717, 1.165) is 15.4 Å². The van der Waals surface area contributed by atoms with Crippen LogP contribution in [0.5, 0.6) is 5.75 Å². The van der Waals surface area contributed by atoms with Crippen LogP contribution in [-0.4, -0.2) is 28.0 Å². The number of carbonyl (C=O) groups excluding carboxylic acids is 1. The molecule has 0 heterocycles. The van der Waals surface area contributed by atoms with Gasteiger partial charge in [0, 0.05) is 10.7 Å². The maximum Gasteiger partial charge on any atom is 0.264 e. The Morgan fingerprint density at radius 2 is 1.74 bits per heavy atom. The second-order valence-corrected chi connectivity index (χ2v) is 9.31. The second-order valence-electron chi connectivity index (χ2n) is 7.01. The van der Waals surface area contributed by atoms with Crippen molar-refractivity contribution in [3.05, 3.63) is 82.9 Å². The first-order chi connectivity index (χ1) is 14.7. The molecule has 0 aliphatic heterocycles. The van der Waals surface area contributed by atoms with Gasteiger partial charge in [0.05, 0.1) is 17.7 Å². The van der Waals surface area contributed by atoms with Crippen LogP contribution in [0, 0.1) is 13.8 Å². The average Bonchev–Trinajstić information content (AvgIpc) is 2.74. The summed E-state index contributed by atoms with van der Waals surface area (Å²) in [5.41, 5.74) is 2.74. The molecule has 0 saturated carbocycles. The van der Waals surface area contributed by atoms with Crippen LogP contribution in [0.3, 0.4) is 0 Å². The Labute approximate surface area is 187 Å². The summed E-state index contributed by atoms with van der Waals surface area (Å²) in [4.78, 5) is 13.0. The van der Waals surface area contributed by atoms with Crippen LogP contribution < -0.4 is 14.4 Å². The third-order valence-electron chi connectivity index (χ3n) is 4.68. The van der Waals surface area contributed by atoms with Crippen molar-refractivity contribution >= 4 is 38.9 Å². The quantitative estimate of drug-likeness (QED) is 0.551. The molecule has 162 valence electrons. The Kier molecular flexibility index (Phi) is 6.87. The number of anilines is 2. The Hall–Kier alpha value is -3.03. The Morgan fingerprint density at radius 3 is 2.39 bits per heavy atom. The van der Waals surface area contributed by atoms with Crippen LogP contribution >= 0.6 is 11.6 Å². The number of carbonyl (C=O) groups is 1. The van der Waals surface area contributed by atoms with Crippen LogP contribution in [-0.2, 0) is 14.8 Å². The minimum atomic E-state index is -4.07. The topological polar surface area (TPSA) is 75.7 Å². The number of nitrogens with zero attached hydrogens (tertiary/aromatic N) is 1. The van der Waals surface area contributed by atoms with Gasteiger partial charge >= 0.3 is 0 Å². The lowest BCUT2D eigenvalue weighted by Gasteiger charge is -2.26. The fraction of sp³-hybridized carbons (Fsp3) is 0.174. The van der Waals surface area contributed by atoms with Gasteiger partial charge in [0.2, 0.25) is 5.91 Å². The van der Waals surface area contributed by atoms with E-state index in [1.54, 1.807) is 36.4 Å². The smallest absolute Gasteiger partial charge is 0.264 e. The molecule has 3 aromatic carbocycles. The highest BCUT2D eigenvalue weighted by Crippen LogP contribution is 2.34. The molecule has 1 amide bonds. The molecule has 0 aliphatic rings. The van der Waals surface area contributed by atoms with Crippen molar-refractivity contribution in [1.82, 2.24) is 0 Å². The van der Waals surface area contributed by atoms with Crippen LogP contribution in [0.4, 0.5) is 11.4 Å². The number of methoxy groups -OCH3 is 1. The summed E-state index contributed by atoms with van der Waals surface area (Å²) >= 11 is 6.14.